The fourth-order valence-electron chi connectivity index (χ4n) is 2.07. The molecule has 2 amide bonds. The van der Waals surface area contributed by atoms with Crippen molar-refractivity contribution in [2.45, 2.75) is 0 Å². The molecular formula is C18H16BrN3O5. The normalized spacial score (nSPS) is 10.9. The van der Waals surface area contributed by atoms with Crippen LogP contribution in [0.5, 0.6) is 11.5 Å². The number of phenolic OH excluding ortho intramolecular Hbond substituents is 1. The van der Waals surface area contributed by atoms with Crippen LogP contribution >= 0.6 is 15.9 Å². The average molecular weight is 434 g/mol. The second-order valence-electron chi connectivity index (χ2n) is 5.18. The molecule has 0 bridgehead atoms. The summed E-state index contributed by atoms with van der Waals surface area (Å²) in [5.74, 6) is -0.996. The molecule has 8 nitrogen and oxygen atoms in total. The van der Waals surface area contributed by atoms with Crippen LogP contribution < -0.4 is 15.6 Å². The molecule has 0 spiro atoms. The molecule has 27 heavy (non-hydrogen) atoms. The van der Waals surface area contributed by atoms with E-state index >= 15 is 0 Å². The Kier molecular flexibility index (Phi) is 7.09. The Labute approximate surface area is 163 Å². The molecule has 0 atom stereocenters. The highest BCUT2D eigenvalue weighted by atomic mass is 79.9. The van der Waals surface area contributed by atoms with E-state index in [1.807, 2.05) is 0 Å². The number of hydrazone groups is 1. The number of phenols is 1. The number of carbonyl (C=O) groups excluding carboxylic acids is 2. The van der Waals surface area contributed by atoms with Crippen LogP contribution in [-0.4, -0.2) is 35.5 Å². The molecule has 0 heterocycles. The molecule has 4 N–H and O–H groups in total. The van der Waals surface area contributed by atoms with Crippen LogP contribution in [0.2, 0.25) is 0 Å². The maximum absolute atomic E-state index is 12.2. The number of hydrogen-bond acceptors (Lipinski definition) is 6. The molecule has 0 fully saturated rings. The largest absolute Gasteiger partial charge is 0.504 e. The molecule has 0 aromatic heterocycles. The Morgan fingerprint density at radius 2 is 2.04 bits per heavy atom. The van der Waals surface area contributed by atoms with E-state index in [9.17, 15) is 14.7 Å². The molecule has 0 aliphatic carbocycles. The summed E-state index contributed by atoms with van der Waals surface area (Å²) in [4.78, 5) is 23.2. The van der Waals surface area contributed by atoms with Crippen LogP contribution in [0.15, 0.2) is 52.0 Å². The highest BCUT2D eigenvalue weighted by molar-refractivity contribution is 9.10. The van der Waals surface area contributed by atoms with Gasteiger partial charge in [0.1, 0.15) is 0 Å². The number of methoxy groups -OCH3 is 1. The summed E-state index contributed by atoms with van der Waals surface area (Å²) in [7, 11) is 1.43. The van der Waals surface area contributed by atoms with Gasteiger partial charge in [-0.2, -0.15) is 5.10 Å². The summed E-state index contributed by atoms with van der Waals surface area (Å²) in [6.45, 7) is 0. The number of carbonyl (C=O) groups is 2. The van der Waals surface area contributed by atoms with Gasteiger partial charge in [0.2, 0.25) is 0 Å². The Hall–Kier alpha value is -3.17. The third-order valence-electron chi connectivity index (χ3n) is 3.35. The number of ether oxygens (including phenoxy) is 1. The number of benzene rings is 2. The predicted octanol–water partition coefficient (Wildman–Crippen LogP) is 2.45. The van der Waals surface area contributed by atoms with Gasteiger partial charge in [0.25, 0.3) is 11.8 Å². The summed E-state index contributed by atoms with van der Waals surface area (Å²) >= 11 is 3.29. The number of amides is 2. The summed E-state index contributed by atoms with van der Waals surface area (Å²) in [6.07, 6.45) is 3.85. The minimum Gasteiger partial charge on any atom is -0.504 e. The van der Waals surface area contributed by atoms with Gasteiger partial charge < -0.3 is 9.84 Å². The number of nitrogens with zero attached hydrogens (tertiary/aromatic N) is 1. The Morgan fingerprint density at radius 1 is 1.26 bits per heavy atom. The first-order chi connectivity index (χ1) is 12.9. The van der Waals surface area contributed by atoms with Crippen molar-refractivity contribution in [3.8, 4) is 11.5 Å². The molecule has 0 saturated carbocycles. The van der Waals surface area contributed by atoms with Gasteiger partial charge in [-0.25, -0.2) is 10.9 Å². The first kappa shape index (κ1) is 20.1. The lowest BCUT2D eigenvalue weighted by atomic mass is 10.1. The minimum absolute atomic E-state index is 0.104. The third kappa shape index (κ3) is 5.66. The summed E-state index contributed by atoms with van der Waals surface area (Å²) in [5, 5.41) is 22.3. The van der Waals surface area contributed by atoms with E-state index in [-0.39, 0.29) is 11.5 Å². The quantitative estimate of drug-likeness (QED) is 0.241. The highest BCUT2D eigenvalue weighted by Crippen LogP contribution is 2.32. The van der Waals surface area contributed by atoms with Crippen molar-refractivity contribution in [1.29, 1.82) is 0 Å². The second kappa shape index (κ2) is 9.51. The predicted molar refractivity (Wildman–Crippen MR) is 103 cm³/mol. The smallest absolute Gasteiger partial charge is 0.271 e. The Morgan fingerprint density at radius 3 is 2.74 bits per heavy atom. The molecule has 2 rings (SSSR count). The van der Waals surface area contributed by atoms with Gasteiger partial charge in [-0.15, -0.1) is 0 Å². The first-order valence-electron chi connectivity index (χ1n) is 7.56. The van der Waals surface area contributed by atoms with Gasteiger partial charge >= 0.3 is 0 Å². The van der Waals surface area contributed by atoms with Crippen molar-refractivity contribution in [2.24, 2.45) is 5.10 Å². The van der Waals surface area contributed by atoms with Crippen molar-refractivity contribution in [1.82, 2.24) is 10.9 Å². The number of rotatable bonds is 6. The van der Waals surface area contributed by atoms with E-state index in [2.05, 4.69) is 26.5 Å². The molecule has 0 radical (unpaired) electrons. The molecule has 0 aliphatic heterocycles. The van der Waals surface area contributed by atoms with Gasteiger partial charge in [-0.05, 0) is 35.9 Å². The van der Waals surface area contributed by atoms with Crippen LogP contribution in [0.4, 0.5) is 0 Å². The van der Waals surface area contributed by atoms with E-state index in [0.717, 1.165) is 6.08 Å². The van der Waals surface area contributed by atoms with Gasteiger partial charge in [0.05, 0.1) is 13.3 Å². The number of nitrogens with one attached hydrogen (secondary N) is 2. The molecule has 2 aromatic carbocycles. The van der Waals surface area contributed by atoms with Crippen molar-refractivity contribution >= 4 is 40.0 Å². The second-order valence-corrected chi connectivity index (χ2v) is 6.10. The van der Waals surface area contributed by atoms with Crippen molar-refractivity contribution in [2.75, 3.05) is 7.11 Å². The maximum Gasteiger partial charge on any atom is 0.271 e. The standard InChI is InChI=1S/C18H16BrN3O5/c1-27-15-9-14(19)8-13(17(15)24)10-20-21-18(25)12-4-2-3-11(7-12)5-6-16(23)22-26/h2-10,24,26H,1H3,(H,21,25)(H,22,23). The number of halogens is 1. The van der Waals surface area contributed by atoms with Crippen LogP contribution in [-0.2, 0) is 4.79 Å². The lowest BCUT2D eigenvalue weighted by molar-refractivity contribution is -0.124. The van der Waals surface area contributed by atoms with E-state index < -0.39 is 11.8 Å². The number of aromatic hydroxyl groups is 1. The summed E-state index contributed by atoms with van der Waals surface area (Å²) in [6, 6.07) is 9.67. The monoisotopic (exact) mass is 433 g/mol. The average Bonchev–Trinajstić information content (AvgIpc) is 2.68. The van der Waals surface area contributed by atoms with Gasteiger partial charge in [-0.1, -0.05) is 28.1 Å². The van der Waals surface area contributed by atoms with E-state index in [0.29, 0.717) is 21.2 Å². The molecular weight excluding hydrogens is 418 g/mol. The fraction of sp³-hybridized carbons (Fsp3) is 0.0556. The van der Waals surface area contributed by atoms with Crippen LogP contribution in [0.1, 0.15) is 21.5 Å². The lowest BCUT2D eigenvalue weighted by Gasteiger charge is -2.07. The SMILES string of the molecule is COc1cc(Br)cc(C=NNC(=O)c2cccc(C=CC(=O)NO)c2)c1O. The molecule has 9 heteroatoms. The zero-order valence-corrected chi connectivity index (χ0v) is 15.7. The summed E-state index contributed by atoms with van der Waals surface area (Å²) in [5.41, 5.74) is 5.09. The molecule has 2 aromatic rings. The van der Waals surface area contributed by atoms with Crippen molar-refractivity contribution in [3.63, 3.8) is 0 Å². The molecule has 0 saturated heterocycles. The molecule has 0 aliphatic rings. The van der Waals surface area contributed by atoms with Crippen LogP contribution in [0.3, 0.4) is 0 Å². The van der Waals surface area contributed by atoms with Crippen LogP contribution in [0.25, 0.3) is 6.08 Å². The lowest BCUT2D eigenvalue weighted by Crippen LogP contribution is -2.17. The van der Waals surface area contributed by atoms with Gasteiger partial charge in [0.15, 0.2) is 11.5 Å². The van der Waals surface area contributed by atoms with E-state index in [4.69, 9.17) is 9.94 Å². The van der Waals surface area contributed by atoms with Gasteiger partial charge in [-0.3, -0.25) is 14.8 Å². The van der Waals surface area contributed by atoms with E-state index in [1.54, 1.807) is 36.4 Å². The number of hydrogen-bond donors (Lipinski definition) is 4. The topological polar surface area (TPSA) is 120 Å². The van der Waals surface area contributed by atoms with Crippen molar-refractivity contribution in [3.05, 3.63) is 63.6 Å². The summed E-state index contributed by atoms with van der Waals surface area (Å²) < 4.78 is 5.72. The third-order valence-corrected chi connectivity index (χ3v) is 3.80. The zero-order valence-electron chi connectivity index (χ0n) is 14.1. The van der Waals surface area contributed by atoms with Crippen molar-refractivity contribution < 1.29 is 24.6 Å². The fourth-order valence-corrected chi connectivity index (χ4v) is 2.52. The van der Waals surface area contributed by atoms with Gasteiger partial charge in [0, 0.05) is 21.7 Å². The minimum atomic E-state index is -0.682. The highest BCUT2D eigenvalue weighted by Gasteiger charge is 2.09. The molecule has 140 valence electrons. The maximum atomic E-state index is 12.2. The Bertz CT molecular complexity index is 912. The molecule has 0 unspecified atom stereocenters. The van der Waals surface area contributed by atoms with E-state index in [1.165, 1.54) is 24.9 Å². The van der Waals surface area contributed by atoms with Crippen LogP contribution in [0, 0.1) is 0 Å². The Balaban J connectivity index is 2.10. The number of hydroxylamine groups is 1. The zero-order chi connectivity index (χ0) is 19.8. The first-order valence-corrected chi connectivity index (χ1v) is 8.36.